The highest BCUT2D eigenvalue weighted by atomic mass is 16.5. The van der Waals surface area contributed by atoms with Gasteiger partial charge in [0, 0.05) is 25.2 Å². The highest BCUT2D eigenvalue weighted by molar-refractivity contribution is 5.43. The second-order valence-electron chi connectivity index (χ2n) is 5.74. The first-order chi connectivity index (χ1) is 10.2. The molecular formula is C17H28N2O2. The van der Waals surface area contributed by atoms with Crippen molar-refractivity contribution < 1.29 is 9.47 Å². The van der Waals surface area contributed by atoms with Gasteiger partial charge >= 0.3 is 0 Å². The molecule has 118 valence electrons. The Labute approximate surface area is 128 Å². The molecule has 2 rings (SSSR count). The summed E-state index contributed by atoms with van der Waals surface area (Å²) in [6.45, 7) is 4.33. The summed E-state index contributed by atoms with van der Waals surface area (Å²) in [6, 6.07) is 7.36. The fourth-order valence-corrected chi connectivity index (χ4v) is 2.68. The molecule has 1 aromatic rings. The number of nitrogens with zero attached hydrogens (tertiary/aromatic N) is 1. The van der Waals surface area contributed by atoms with Gasteiger partial charge in [-0.1, -0.05) is 13.0 Å². The van der Waals surface area contributed by atoms with Gasteiger partial charge in [0.1, 0.15) is 0 Å². The smallest absolute Gasteiger partial charge is 0.161 e. The summed E-state index contributed by atoms with van der Waals surface area (Å²) in [4.78, 5) is 2.45. The highest BCUT2D eigenvalue weighted by Crippen LogP contribution is 2.31. The summed E-state index contributed by atoms with van der Waals surface area (Å²) in [6.07, 6.45) is 3.79. The lowest BCUT2D eigenvalue weighted by Crippen LogP contribution is -2.32. The minimum absolute atomic E-state index is 0.359. The van der Waals surface area contributed by atoms with Crippen LogP contribution in [0.5, 0.6) is 11.5 Å². The molecule has 21 heavy (non-hydrogen) atoms. The second kappa shape index (κ2) is 7.66. The molecule has 0 heterocycles. The molecule has 0 aliphatic heterocycles. The first-order valence-corrected chi connectivity index (χ1v) is 7.85. The maximum absolute atomic E-state index is 5.39. The average molecular weight is 292 g/mol. The van der Waals surface area contributed by atoms with E-state index < -0.39 is 0 Å². The summed E-state index contributed by atoms with van der Waals surface area (Å²) in [5, 5.41) is 3.65. The van der Waals surface area contributed by atoms with Crippen molar-refractivity contribution in [1.29, 1.82) is 0 Å². The first kappa shape index (κ1) is 16.1. The fraction of sp³-hybridized carbons (Fsp3) is 0.647. The molecule has 1 saturated carbocycles. The van der Waals surface area contributed by atoms with Crippen LogP contribution in [0.3, 0.4) is 0 Å². The zero-order valence-electron chi connectivity index (χ0n) is 13.7. The van der Waals surface area contributed by atoms with E-state index in [1.54, 1.807) is 14.2 Å². The van der Waals surface area contributed by atoms with E-state index in [-0.39, 0.29) is 0 Å². The van der Waals surface area contributed by atoms with Gasteiger partial charge in [0.05, 0.1) is 14.2 Å². The summed E-state index contributed by atoms with van der Waals surface area (Å²) in [5.74, 6) is 1.58. The minimum Gasteiger partial charge on any atom is -0.493 e. The zero-order valence-corrected chi connectivity index (χ0v) is 13.7. The van der Waals surface area contributed by atoms with Crippen LogP contribution in [0.1, 0.15) is 37.8 Å². The third-order valence-electron chi connectivity index (χ3n) is 4.24. The molecule has 0 amide bonds. The highest BCUT2D eigenvalue weighted by Gasteiger charge is 2.25. The van der Waals surface area contributed by atoms with Crippen LogP contribution in [0.4, 0.5) is 0 Å². The van der Waals surface area contributed by atoms with Crippen molar-refractivity contribution >= 4 is 0 Å². The number of hydrogen-bond donors (Lipinski definition) is 1. The predicted octanol–water partition coefficient (Wildman–Crippen LogP) is 2.84. The van der Waals surface area contributed by atoms with Gasteiger partial charge < -0.3 is 19.7 Å². The summed E-state index contributed by atoms with van der Waals surface area (Å²) in [7, 11) is 5.57. The van der Waals surface area contributed by atoms with Gasteiger partial charge in [-0.15, -0.1) is 0 Å². The first-order valence-electron chi connectivity index (χ1n) is 7.85. The molecule has 0 saturated heterocycles. The Hall–Kier alpha value is -1.26. The van der Waals surface area contributed by atoms with Gasteiger partial charge in [-0.2, -0.15) is 0 Å². The van der Waals surface area contributed by atoms with E-state index in [0.717, 1.165) is 37.1 Å². The van der Waals surface area contributed by atoms with E-state index in [9.17, 15) is 0 Å². The maximum atomic E-state index is 5.39. The van der Waals surface area contributed by atoms with Gasteiger partial charge in [0.2, 0.25) is 0 Å². The van der Waals surface area contributed by atoms with Crippen LogP contribution < -0.4 is 14.8 Å². The van der Waals surface area contributed by atoms with Crippen molar-refractivity contribution in [1.82, 2.24) is 10.2 Å². The minimum atomic E-state index is 0.359. The van der Waals surface area contributed by atoms with Crippen LogP contribution in [0, 0.1) is 0 Å². The van der Waals surface area contributed by atoms with Crippen LogP contribution in [-0.2, 0) is 0 Å². The van der Waals surface area contributed by atoms with Crippen LogP contribution in [0.2, 0.25) is 0 Å². The SMILES string of the molecule is CCC(NCCN(C)C1CC1)c1ccc(OC)c(OC)c1. The quantitative estimate of drug-likeness (QED) is 0.759. The number of methoxy groups -OCH3 is 2. The van der Waals surface area contributed by atoms with Crippen molar-refractivity contribution in [2.75, 3.05) is 34.4 Å². The third kappa shape index (κ3) is 4.35. The molecule has 1 aromatic carbocycles. The van der Waals surface area contributed by atoms with Crippen LogP contribution in [0.15, 0.2) is 18.2 Å². The van der Waals surface area contributed by atoms with Gasteiger partial charge in [-0.25, -0.2) is 0 Å². The van der Waals surface area contributed by atoms with Gasteiger partial charge in [0.15, 0.2) is 11.5 Å². The lowest BCUT2D eigenvalue weighted by atomic mass is 10.0. The Morgan fingerprint density at radius 2 is 1.95 bits per heavy atom. The monoisotopic (exact) mass is 292 g/mol. The summed E-state index contributed by atoms with van der Waals surface area (Å²) in [5.41, 5.74) is 1.25. The molecule has 1 N–H and O–H groups in total. The maximum Gasteiger partial charge on any atom is 0.161 e. The topological polar surface area (TPSA) is 33.7 Å². The van der Waals surface area contributed by atoms with E-state index in [4.69, 9.17) is 9.47 Å². The average Bonchev–Trinajstić information content (AvgIpc) is 3.35. The van der Waals surface area contributed by atoms with Crippen LogP contribution in [0.25, 0.3) is 0 Å². The number of benzene rings is 1. The zero-order chi connectivity index (χ0) is 15.2. The largest absolute Gasteiger partial charge is 0.493 e. The molecule has 0 bridgehead atoms. The Morgan fingerprint density at radius 1 is 1.24 bits per heavy atom. The molecule has 1 aliphatic rings. The number of ether oxygens (including phenoxy) is 2. The van der Waals surface area contributed by atoms with E-state index in [0.29, 0.717) is 6.04 Å². The van der Waals surface area contributed by atoms with Crippen LogP contribution >= 0.6 is 0 Å². The van der Waals surface area contributed by atoms with Gasteiger partial charge in [0.25, 0.3) is 0 Å². The molecule has 0 radical (unpaired) electrons. The third-order valence-corrected chi connectivity index (χ3v) is 4.24. The van der Waals surface area contributed by atoms with E-state index in [2.05, 4.69) is 36.3 Å². The molecule has 1 unspecified atom stereocenters. The molecule has 0 spiro atoms. The number of nitrogens with one attached hydrogen (secondary N) is 1. The van der Waals surface area contributed by atoms with Crippen LogP contribution in [-0.4, -0.2) is 45.3 Å². The molecule has 1 atom stereocenters. The normalized spacial score (nSPS) is 16.0. The number of rotatable bonds is 9. The Bertz CT molecular complexity index is 446. The fourth-order valence-electron chi connectivity index (χ4n) is 2.68. The number of hydrogen-bond acceptors (Lipinski definition) is 4. The Morgan fingerprint density at radius 3 is 2.52 bits per heavy atom. The Balaban J connectivity index is 1.92. The standard InChI is InChI=1S/C17H28N2O2/c1-5-15(18-10-11-19(2)14-7-8-14)13-6-9-16(20-3)17(12-13)21-4/h6,9,12,14-15,18H,5,7-8,10-11H2,1-4H3. The molecule has 1 aliphatic carbocycles. The second-order valence-corrected chi connectivity index (χ2v) is 5.74. The lowest BCUT2D eigenvalue weighted by Gasteiger charge is -2.21. The molecule has 0 aromatic heterocycles. The molecular weight excluding hydrogens is 264 g/mol. The van der Waals surface area contributed by atoms with E-state index in [1.165, 1.54) is 18.4 Å². The molecule has 4 heteroatoms. The Kier molecular flexibility index (Phi) is 5.88. The van der Waals surface area contributed by atoms with E-state index in [1.807, 2.05) is 6.07 Å². The molecule has 4 nitrogen and oxygen atoms in total. The van der Waals surface area contributed by atoms with Crippen molar-refractivity contribution in [3.05, 3.63) is 23.8 Å². The molecule has 1 fully saturated rings. The number of likely N-dealkylation sites (N-methyl/N-ethyl adjacent to an activating group) is 1. The van der Waals surface area contributed by atoms with Gasteiger partial charge in [-0.3, -0.25) is 0 Å². The summed E-state index contributed by atoms with van der Waals surface area (Å²) >= 11 is 0. The predicted molar refractivity (Wildman–Crippen MR) is 86.2 cm³/mol. The van der Waals surface area contributed by atoms with Crippen molar-refractivity contribution in [2.45, 2.75) is 38.3 Å². The van der Waals surface area contributed by atoms with Crippen molar-refractivity contribution in [2.24, 2.45) is 0 Å². The van der Waals surface area contributed by atoms with Crippen molar-refractivity contribution in [3.8, 4) is 11.5 Å². The lowest BCUT2D eigenvalue weighted by molar-refractivity contribution is 0.313. The van der Waals surface area contributed by atoms with Crippen molar-refractivity contribution in [3.63, 3.8) is 0 Å². The van der Waals surface area contributed by atoms with Gasteiger partial charge in [-0.05, 0) is 44.0 Å². The van der Waals surface area contributed by atoms with E-state index >= 15 is 0 Å². The summed E-state index contributed by atoms with van der Waals surface area (Å²) < 4.78 is 10.7.